The molecule has 0 bridgehead atoms. The minimum Gasteiger partial charge on any atom is -0.481 e. The largest absolute Gasteiger partial charge is 0.481 e. The molecule has 8 heteroatoms. The Morgan fingerprint density at radius 1 is 1.43 bits per heavy atom. The molecule has 0 spiro atoms. The topological polar surface area (TPSA) is 59.9 Å². The van der Waals surface area contributed by atoms with Crippen LogP contribution in [0.25, 0.3) is 0 Å². The van der Waals surface area contributed by atoms with E-state index < -0.39 is 17.4 Å². The van der Waals surface area contributed by atoms with E-state index in [1.165, 1.54) is 31.6 Å². The second-order valence-electron chi connectivity index (χ2n) is 5.63. The molecule has 0 unspecified atom stereocenters. The van der Waals surface area contributed by atoms with Gasteiger partial charge in [-0.05, 0) is 30.4 Å². The van der Waals surface area contributed by atoms with Gasteiger partial charge in [0.15, 0.2) is 0 Å². The van der Waals surface area contributed by atoms with Crippen LogP contribution in [0.2, 0.25) is 0 Å². The van der Waals surface area contributed by atoms with Gasteiger partial charge in [0.1, 0.15) is 19.8 Å². The van der Waals surface area contributed by atoms with Crippen LogP contribution in [0, 0.1) is 5.82 Å². The number of halogens is 2. The van der Waals surface area contributed by atoms with Crippen LogP contribution in [0.3, 0.4) is 0 Å². The third-order valence-corrected chi connectivity index (χ3v) is 4.04. The van der Waals surface area contributed by atoms with Crippen molar-refractivity contribution in [3.05, 3.63) is 36.0 Å². The Morgan fingerprint density at radius 3 is 2.87 bits per heavy atom. The SMILES string of the molecule is [B]c1cnc(NCC2(c3ncccc3F)CC(F)C2)nc1OC. The molecule has 118 valence electrons. The average Bonchev–Trinajstić information content (AvgIpc) is 2.52. The fraction of sp³-hybridized carbons (Fsp3) is 0.400. The first-order valence-electron chi connectivity index (χ1n) is 7.19. The number of methoxy groups -OCH3 is 1. The number of alkyl halides is 1. The van der Waals surface area contributed by atoms with Crippen LogP contribution < -0.4 is 15.5 Å². The Hall–Kier alpha value is -2.25. The van der Waals surface area contributed by atoms with Crippen LogP contribution >= 0.6 is 0 Å². The van der Waals surface area contributed by atoms with Gasteiger partial charge in [0.2, 0.25) is 11.8 Å². The fourth-order valence-electron chi connectivity index (χ4n) is 2.86. The van der Waals surface area contributed by atoms with Crippen molar-refractivity contribution in [2.45, 2.75) is 24.4 Å². The normalized spacial score (nSPS) is 23.2. The predicted octanol–water partition coefficient (Wildman–Crippen LogP) is 1.29. The molecule has 2 aromatic rings. The number of rotatable bonds is 5. The molecule has 0 amide bonds. The molecular weight excluding hydrogens is 301 g/mol. The van der Waals surface area contributed by atoms with E-state index in [0.29, 0.717) is 5.46 Å². The number of nitrogens with zero attached hydrogens (tertiary/aromatic N) is 3. The summed E-state index contributed by atoms with van der Waals surface area (Å²) in [6.07, 6.45) is 2.38. The highest BCUT2D eigenvalue weighted by Crippen LogP contribution is 2.45. The average molecular weight is 316 g/mol. The minimum absolute atomic E-state index is 0.208. The second kappa shape index (κ2) is 6.10. The summed E-state index contributed by atoms with van der Waals surface area (Å²) in [7, 11) is 7.11. The Morgan fingerprint density at radius 2 is 2.22 bits per heavy atom. The van der Waals surface area contributed by atoms with Crippen molar-refractivity contribution in [2.75, 3.05) is 19.0 Å². The molecule has 1 fully saturated rings. The summed E-state index contributed by atoms with van der Waals surface area (Å²) >= 11 is 0. The van der Waals surface area contributed by atoms with Gasteiger partial charge in [0.05, 0.1) is 12.8 Å². The Kier molecular flexibility index (Phi) is 4.15. The first-order chi connectivity index (χ1) is 11.0. The molecule has 23 heavy (non-hydrogen) atoms. The molecule has 1 saturated carbocycles. The molecule has 3 rings (SSSR count). The highest BCUT2D eigenvalue weighted by molar-refractivity contribution is 6.33. The molecular formula is C15H15BF2N4O. The number of hydrogen-bond acceptors (Lipinski definition) is 5. The zero-order valence-corrected chi connectivity index (χ0v) is 12.6. The molecule has 2 heterocycles. The van der Waals surface area contributed by atoms with Crippen molar-refractivity contribution in [3.63, 3.8) is 0 Å². The molecule has 2 aromatic heterocycles. The van der Waals surface area contributed by atoms with Gasteiger partial charge in [0, 0.05) is 24.4 Å². The molecule has 0 aromatic carbocycles. The third kappa shape index (κ3) is 2.97. The van der Waals surface area contributed by atoms with Gasteiger partial charge >= 0.3 is 0 Å². The van der Waals surface area contributed by atoms with Crippen LogP contribution in [0.15, 0.2) is 24.5 Å². The summed E-state index contributed by atoms with van der Waals surface area (Å²) in [4.78, 5) is 12.3. The van der Waals surface area contributed by atoms with Gasteiger partial charge in [-0.15, -0.1) is 0 Å². The van der Waals surface area contributed by atoms with Crippen molar-refractivity contribution < 1.29 is 13.5 Å². The van der Waals surface area contributed by atoms with E-state index in [2.05, 4.69) is 20.3 Å². The van der Waals surface area contributed by atoms with Crippen molar-refractivity contribution in [1.29, 1.82) is 0 Å². The Labute approximate surface area is 133 Å². The smallest absolute Gasteiger partial charge is 0.225 e. The van der Waals surface area contributed by atoms with Crippen LogP contribution in [0.5, 0.6) is 5.88 Å². The van der Waals surface area contributed by atoms with Crippen LogP contribution in [-0.2, 0) is 5.41 Å². The summed E-state index contributed by atoms with van der Waals surface area (Å²) in [5.74, 6) is 0.101. The minimum atomic E-state index is -0.958. The van der Waals surface area contributed by atoms with E-state index in [1.54, 1.807) is 0 Å². The monoisotopic (exact) mass is 316 g/mol. The van der Waals surface area contributed by atoms with E-state index in [-0.39, 0.29) is 36.9 Å². The van der Waals surface area contributed by atoms with E-state index in [4.69, 9.17) is 12.6 Å². The number of hydrogen-bond donors (Lipinski definition) is 1. The molecule has 5 nitrogen and oxygen atoms in total. The van der Waals surface area contributed by atoms with Gasteiger partial charge in [-0.3, -0.25) is 4.98 Å². The molecule has 0 saturated heterocycles. The highest BCUT2D eigenvalue weighted by atomic mass is 19.1. The van der Waals surface area contributed by atoms with Crippen molar-refractivity contribution in [3.8, 4) is 5.88 Å². The summed E-state index contributed by atoms with van der Waals surface area (Å²) in [6, 6.07) is 2.85. The maximum absolute atomic E-state index is 14.0. The standard InChI is InChI=1S/C15H15BF2N4O/c1-23-13-10(16)7-20-14(22-13)21-8-15(5-9(17)6-15)12-11(18)3-2-4-19-12/h2-4,7,9H,5-6,8H2,1H3,(H,20,21,22). The molecule has 2 radical (unpaired) electrons. The van der Waals surface area contributed by atoms with Crippen LogP contribution in [0.1, 0.15) is 18.5 Å². The number of ether oxygens (including phenoxy) is 1. The summed E-state index contributed by atoms with van der Waals surface area (Å²) in [5.41, 5.74) is -0.122. The zero-order chi connectivity index (χ0) is 16.4. The van der Waals surface area contributed by atoms with Gasteiger partial charge in [0.25, 0.3) is 0 Å². The summed E-state index contributed by atoms with van der Waals surface area (Å²) < 4.78 is 32.6. The number of pyridine rings is 1. The van der Waals surface area contributed by atoms with Crippen molar-refractivity contribution in [2.24, 2.45) is 0 Å². The Bertz CT molecular complexity index is 710. The van der Waals surface area contributed by atoms with E-state index >= 15 is 0 Å². The molecule has 1 N–H and O–H groups in total. The lowest BCUT2D eigenvalue weighted by molar-refractivity contribution is 0.0963. The van der Waals surface area contributed by atoms with Gasteiger partial charge in [-0.1, -0.05) is 0 Å². The maximum Gasteiger partial charge on any atom is 0.225 e. The molecule has 1 aliphatic carbocycles. The van der Waals surface area contributed by atoms with Crippen LogP contribution in [0.4, 0.5) is 14.7 Å². The lowest BCUT2D eigenvalue weighted by atomic mass is 9.65. The lowest BCUT2D eigenvalue weighted by Crippen LogP contribution is -2.49. The van der Waals surface area contributed by atoms with Gasteiger partial charge in [-0.25, -0.2) is 13.8 Å². The highest BCUT2D eigenvalue weighted by Gasteiger charge is 2.48. The number of anilines is 1. The number of nitrogens with one attached hydrogen (secondary N) is 1. The van der Waals surface area contributed by atoms with Crippen LogP contribution in [-0.4, -0.2) is 42.6 Å². The molecule has 0 aliphatic heterocycles. The number of aromatic nitrogens is 3. The zero-order valence-electron chi connectivity index (χ0n) is 12.6. The Balaban J connectivity index is 1.80. The predicted molar refractivity (Wildman–Crippen MR) is 82.5 cm³/mol. The van der Waals surface area contributed by atoms with E-state index in [0.717, 1.165) is 0 Å². The van der Waals surface area contributed by atoms with Gasteiger partial charge < -0.3 is 10.1 Å². The molecule has 1 aliphatic rings. The second-order valence-corrected chi connectivity index (χ2v) is 5.63. The fourth-order valence-corrected chi connectivity index (χ4v) is 2.86. The van der Waals surface area contributed by atoms with Crippen molar-refractivity contribution in [1.82, 2.24) is 15.0 Å². The molecule has 0 atom stereocenters. The summed E-state index contributed by atoms with van der Waals surface area (Å²) in [6.45, 7) is 0.272. The van der Waals surface area contributed by atoms with Gasteiger partial charge in [-0.2, -0.15) is 4.98 Å². The summed E-state index contributed by atoms with van der Waals surface area (Å²) in [5, 5.41) is 3.00. The van der Waals surface area contributed by atoms with E-state index in [1.807, 2.05) is 0 Å². The maximum atomic E-state index is 14.0. The quantitative estimate of drug-likeness (QED) is 0.843. The lowest BCUT2D eigenvalue weighted by Gasteiger charge is -2.43. The first kappa shape index (κ1) is 15.6. The van der Waals surface area contributed by atoms with E-state index in [9.17, 15) is 8.78 Å². The van der Waals surface area contributed by atoms with Crippen molar-refractivity contribution >= 4 is 19.3 Å². The first-order valence-corrected chi connectivity index (χ1v) is 7.19. The third-order valence-electron chi connectivity index (χ3n) is 4.04.